The van der Waals surface area contributed by atoms with Crippen molar-refractivity contribution in [1.29, 1.82) is 0 Å². The summed E-state index contributed by atoms with van der Waals surface area (Å²) in [5.41, 5.74) is 2.33. The molecule has 0 N–H and O–H groups in total. The van der Waals surface area contributed by atoms with E-state index in [2.05, 4.69) is 23.5 Å². The van der Waals surface area contributed by atoms with Gasteiger partial charge in [0.1, 0.15) is 18.9 Å². The number of esters is 1. The Morgan fingerprint density at radius 2 is 1.85 bits per heavy atom. The van der Waals surface area contributed by atoms with Crippen LogP contribution in [0.25, 0.3) is 6.08 Å². The van der Waals surface area contributed by atoms with Crippen LogP contribution in [-0.4, -0.2) is 48.8 Å². The van der Waals surface area contributed by atoms with Crippen molar-refractivity contribution in [3.63, 3.8) is 0 Å². The molecule has 1 saturated heterocycles. The summed E-state index contributed by atoms with van der Waals surface area (Å²) >= 11 is 13.0. The van der Waals surface area contributed by atoms with E-state index in [4.69, 9.17) is 27.9 Å². The first-order chi connectivity index (χ1) is 16.3. The molecule has 0 unspecified atom stereocenters. The van der Waals surface area contributed by atoms with E-state index in [9.17, 15) is 14.4 Å². The van der Waals surface area contributed by atoms with Crippen molar-refractivity contribution in [2.75, 3.05) is 31.6 Å². The lowest BCUT2D eigenvalue weighted by Crippen LogP contribution is -2.34. The highest BCUT2D eigenvalue weighted by Gasteiger charge is 2.36. The lowest BCUT2D eigenvalue weighted by molar-refractivity contribution is -0.143. The Kier molecular flexibility index (Phi) is 8.88. The second-order valence-corrected chi connectivity index (χ2v) is 9.10. The lowest BCUT2D eigenvalue weighted by Gasteiger charge is -2.22. The molecule has 1 fully saturated rings. The maximum atomic E-state index is 12.7. The Labute approximate surface area is 212 Å². The molecule has 2 amide bonds. The predicted octanol–water partition coefficient (Wildman–Crippen LogP) is 5.63. The van der Waals surface area contributed by atoms with Gasteiger partial charge in [0.05, 0.1) is 12.0 Å². The number of nitrogens with zero attached hydrogens (tertiary/aromatic N) is 2. The molecule has 34 heavy (non-hydrogen) atoms. The first kappa shape index (κ1) is 25.9. The molecule has 2 aromatic rings. The van der Waals surface area contributed by atoms with Crippen molar-refractivity contribution >= 4 is 63.8 Å². The van der Waals surface area contributed by atoms with Crippen molar-refractivity contribution in [2.24, 2.45) is 0 Å². The summed E-state index contributed by atoms with van der Waals surface area (Å²) in [5, 5.41) is 0.482. The van der Waals surface area contributed by atoms with Gasteiger partial charge in [-0.2, -0.15) is 0 Å². The van der Waals surface area contributed by atoms with E-state index in [1.54, 1.807) is 24.3 Å². The molecular weight excluding hydrogens is 499 g/mol. The average molecular weight is 523 g/mol. The van der Waals surface area contributed by atoms with Crippen LogP contribution < -0.4 is 9.64 Å². The number of hydrogen-bond donors (Lipinski definition) is 0. The minimum atomic E-state index is -0.670. The van der Waals surface area contributed by atoms with Crippen molar-refractivity contribution in [1.82, 2.24) is 4.90 Å². The third-order valence-electron chi connectivity index (χ3n) is 5.20. The normalized spacial score (nSPS) is 14.6. The zero-order valence-corrected chi connectivity index (χ0v) is 21.3. The number of carbonyl (C=O) groups excluding carboxylic acids is 3. The number of carbonyl (C=O) groups is 3. The van der Waals surface area contributed by atoms with Crippen LogP contribution in [0.15, 0.2) is 41.3 Å². The molecule has 1 aliphatic heterocycles. The Morgan fingerprint density at radius 3 is 2.50 bits per heavy atom. The van der Waals surface area contributed by atoms with Crippen molar-refractivity contribution in [3.8, 4) is 5.75 Å². The van der Waals surface area contributed by atoms with Crippen molar-refractivity contribution in [3.05, 3.63) is 62.5 Å². The summed E-state index contributed by atoms with van der Waals surface area (Å²) in [6.07, 6.45) is 1.59. The van der Waals surface area contributed by atoms with Crippen molar-refractivity contribution in [2.45, 2.75) is 20.5 Å². The zero-order chi connectivity index (χ0) is 24.8. The number of ether oxygens (including phenoxy) is 2. The predicted molar refractivity (Wildman–Crippen MR) is 135 cm³/mol. The monoisotopic (exact) mass is 522 g/mol. The van der Waals surface area contributed by atoms with Gasteiger partial charge in [-0.05, 0) is 56.0 Å². The fourth-order valence-electron chi connectivity index (χ4n) is 3.32. The van der Waals surface area contributed by atoms with Gasteiger partial charge in [-0.15, -0.1) is 0 Å². The summed E-state index contributed by atoms with van der Waals surface area (Å²) in [5.74, 6) is -0.703. The summed E-state index contributed by atoms with van der Waals surface area (Å²) in [6.45, 7) is 5.49. The first-order valence-electron chi connectivity index (χ1n) is 10.5. The second-order valence-electron chi connectivity index (χ2n) is 7.26. The minimum absolute atomic E-state index is 0.183. The van der Waals surface area contributed by atoms with E-state index in [0.29, 0.717) is 21.4 Å². The largest absolute Gasteiger partial charge is 0.488 e. The van der Waals surface area contributed by atoms with Gasteiger partial charge in [-0.1, -0.05) is 29.3 Å². The lowest BCUT2D eigenvalue weighted by atomic mass is 10.1. The summed E-state index contributed by atoms with van der Waals surface area (Å²) in [6, 6.07) is 10.8. The quantitative estimate of drug-likeness (QED) is 0.312. The van der Waals surface area contributed by atoms with E-state index in [1.165, 1.54) is 7.11 Å². The zero-order valence-electron chi connectivity index (χ0n) is 19.0. The van der Waals surface area contributed by atoms with Crippen LogP contribution in [0.1, 0.15) is 25.0 Å². The number of amides is 2. The highest BCUT2D eigenvalue weighted by Crippen LogP contribution is 2.36. The smallest absolute Gasteiger partial charge is 0.325 e. The third-order valence-corrected chi connectivity index (χ3v) is 6.69. The molecule has 0 bridgehead atoms. The number of imide groups is 1. The van der Waals surface area contributed by atoms with Gasteiger partial charge in [0.15, 0.2) is 0 Å². The summed E-state index contributed by atoms with van der Waals surface area (Å²) in [7, 11) is 1.20. The van der Waals surface area contributed by atoms with Crippen LogP contribution in [-0.2, 0) is 20.9 Å². The average Bonchev–Trinajstić information content (AvgIpc) is 3.07. The second kappa shape index (κ2) is 11.6. The van der Waals surface area contributed by atoms with Crippen LogP contribution in [0.4, 0.5) is 10.5 Å². The van der Waals surface area contributed by atoms with Crippen LogP contribution >= 0.6 is 35.0 Å². The topological polar surface area (TPSA) is 76.2 Å². The van der Waals surface area contributed by atoms with E-state index < -0.39 is 23.7 Å². The van der Waals surface area contributed by atoms with Gasteiger partial charge in [0, 0.05) is 46.0 Å². The van der Waals surface area contributed by atoms with Gasteiger partial charge < -0.3 is 14.4 Å². The van der Waals surface area contributed by atoms with E-state index in [-0.39, 0.29) is 11.5 Å². The molecule has 180 valence electrons. The van der Waals surface area contributed by atoms with Crippen LogP contribution in [0.2, 0.25) is 10.0 Å². The van der Waals surface area contributed by atoms with E-state index in [0.717, 1.165) is 41.0 Å². The molecule has 7 nitrogen and oxygen atoms in total. The van der Waals surface area contributed by atoms with Crippen molar-refractivity contribution < 1.29 is 23.9 Å². The number of anilines is 1. The number of methoxy groups -OCH3 is 1. The summed E-state index contributed by atoms with van der Waals surface area (Å²) in [4.78, 5) is 39.8. The highest BCUT2D eigenvalue weighted by atomic mass is 35.5. The Hall–Kier alpha value is -2.68. The summed E-state index contributed by atoms with van der Waals surface area (Å²) < 4.78 is 10.7. The van der Waals surface area contributed by atoms with Crippen LogP contribution in [0.3, 0.4) is 0 Å². The van der Waals surface area contributed by atoms with E-state index in [1.807, 2.05) is 18.2 Å². The van der Waals surface area contributed by atoms with Gasteiger partial charge >= 0.3 is 5.97 Å². The molecule has 10 heteroatoms. The van der Waals surface area contributed by atoms with Gasteiger partial charge in [0.25, 0.3) is 11.1 Å². The standard InChI is InChI=1S/C24H24Cl2N2O5S/c1-4-27(5-2)18-9-7-15(10-21-23(30)28(24(31)34-21)13-22(29)32-3)20(12-18)33-14-16-6-8-17(25)11-19(16)26/h6-12H,4-5,13-14H2,1-3H3/b21-10+. The fraction of sp³-hybridized carbons (Fsp3) is 0.292. The molecule has 1 heterocycles. The van der Waals surface area contributed by atoms with Crippen LogP contribution in [0.5, 0.6) is 5.75 Å². The van der Waals surface area contributed by atoms with Gasteiger partial charge in [-0.25, -0.2) is 0 Å². The molecule has 2 aromatic carbocycles. The molecule has 1 aliphatic rings. The molecular formula is C24H24Cl2N2O5S. The Bertz CT molecular complexity index is 1130. The van der Waals surface area contributed by atoms with Gasteiger partial charge in [-0.3, -0.25) is 19.3 Å². The van der Waals surface area contributed by atoms with Gasteiger partial charge in [0.2, 0.25) is 0 Å². The Morgan fingerprint density at radius 1 is 1.12 bits per heavy atom. The first-order valence-corrected chi connectivity index (χ1v) is 12.1. The molecule has 0 atom stereocenters. The number of benzene rings is 2. The molecule has 3 rings (SSSR count). The number of hydrogen-bond acceptors (Lipinski definition) is 7. The molecule has 0 saturated carbocycles. The van der Waals surface area contributed by atoms with Crippen LogP contribution in [0, 0.1) is 0 Å². The van der Waals surface area contributed by atoms with E-state index >= 15 is 0 Å². The molecule has 0 spiro atoms. The third kappa shape index (κ3) is 6.05. The number of halogens is 2. The Balaban J connectivity index is 1.93. The molecule has 0 aliphatic carbocycles. The molecule has 0 aromatic heterocycles. The highest BCUT2D eigenvalue weighted by molar-refractivity contribution is 8.18. The maximum Gasteiger partial charge on any atom is 0.325 e. The maximum absolute atomic E-state index is 12.7. The number of thioether (sulfide) groups is 1. The minimum Gasteiger partial charge on any atom is -0.488 e. The molecule has 0 radical (unpaired) electrons. The SMILES string of the molecule is CCN(CC)c1ccc(/C=C2/SC(=O)N(CC(=O)OC)C2=O)c(OCc2ccc(Cl)cc2Cl)c1. The fourth-order valence-corrected chi connectivity index (χ4v) is 4.61. The number of rotatable bonds is 9.